The molecule has 1 aliphatic heterocycles. The van der Waals surface area contributed by atoms with Crippen LogP contribution in [0.15, 0.2) is 18.2 Å². The maximum Gasteiger partial charge on any atom is 0.335 e. The first-order chi connectivity index (χ1) is 8.97. The Bertz CT molecular complexity index is 552. The molecule has 1 heterocycles. The number of anilines is 1. The van der Waals surface area contributed by atoms with Gasteiger partial charge in [-0.3, -0.25) is 9.59 Å². The smallest absolute Gasteiger partial charge is 0.335 e. The van der Waals surface area contributed by atoms with Gasteiger partial charge in [0.15, 0.2) is 5.78 Å². The Labute approximate surface area is 109 Å². The van der Waals surface area contributed by atoms with Gasteiger partial charge < -0.3 is 15.5 Å². The van der Waals surface area contributed by atoms with Crippen LogP contribution < -0.4 is 5.32 Å². The van der Waals surface area contributed by atoms with Crippen LogP contribution in [0.5, 0.6) is 0 Å². The molecule has 6 nitrogen and oxygen atoms in total. The van der Waals surface area contributed by atoms with E-state index >= 15 is 0 Å². The zero-order chi connectivity index (χ0) is 14.0. The van der Waals surface area contributed by atoms with Gasteiger partial charge in [0.2, 0.25) is 0 Å². The van der Waals surface area contributed by atoms with E-state index in [1.54, 1.807) is 6.07 Å². The monoisotopic (exact) mass is 263 g/mol. The summed E-state index contributed by atoms with van der Waals surface area (Å²) in [4.78, 5) is 33.4. The summed E-state index contributed by atoms with van der Waals surface area (Å²) in [6, 6.07) is 3.76. The lowest BCUT2D eigenvalue weighted by molar-refractivity contribution is -0.138. The van der Waals surface area contributed by atoms with Crippen LogP contribution in [0.4, 0.5) is 5.69 Å². The number of carbonyl (C=O) groups excluding carboxylic acids is 1. The molecule has 1 aromatic carbocycles. The number of carboxylic acid groups (broad SMARTS) is 2. The van der Waals surface area contributed by atoms with Crippen molar-refractivity contribution in [2.45, 2.75) is 25.3 Å². The van der Waals surface area contributed by atoms with Crippen LogP contribution in [0.3, 0.4) is 0 Å². The van der Waals surface area contributed by atoms with Crippen molar-refractivity contribution in [1.29, 1.82) is 0 Å². The van der Waals surface area contributed by atoms with Crippen LogP contribution in [-0.2, 0) is 16.0 Å². The molecule has 19 heavy (non-hydrogen) atoms. The first-order valence-corrected chi connectivity index (χ1v) is 5.84. The highest BCUT2D eigenvalue weighted by Crippen LogP contribution is 2.25. The molecule has 2 rings (SSSR count). The minimum atomic E-state index is -1.07. The van der Waals surface area contributed by atoms with E-state index in [0.29, 0.717) is 12.1 Å². The second-order valence-corrected chi connectivity index (χ2v) is 4.44. The maximum absolute atomic E-state index is 11.8. The largest absolute Gasteiger partial charge is 0.481 e. The van der Waals surface area contributed by atoms with Crippen molar-refractivity contribution in [3.8, 4) is 0 Å². The number of carbonyl (C=O) groups is 3. The van der Waals surface area contributed by atoms with Crippen molar-refractivity contribution in [3.63, 3.8) is 0 Å². The predicted octanol–water partition coefficient (Wildman–Crippen LogP) is 1.16. The number of hydrogen-bond acceptors (Lipinski definition) is 4. The number of fused-ring (bicyclic) bond motifs is 1. The second-order valence-electron chi connectivity index (χ2n) is 4.44. The molecule has 0 saturated heterocycles. The molecular weight excluding hydrogens is 250 g/mol. The van der Waals surface area contributed by atoms with Crippen molar-refractivity contribution < 1.29 is 24.6 Å². The lowest BCUT2D eigenvalue weighted by Crippen LogP contribution is -2.30. The van der Waals surface area contributed by atoms with Gasteiger partial charge in [0.1, 0.15) is 0 Å². The summed E-state index contributed by atoms with van der Waals surface area (Å²) in [5.74, 6) is -2.30. The number of aromatic carboxylic acids is 1. The SMILES string of the molecule is O=C(O)CC1Nc2cc(C(=O)O)ccc2CCC1=O. The van der Waals surface area contributed by atoms with E-state index in [4.69, 9.17) is 10.2 Å². The van der Waals surface area contributed by atoms with Crippen molar-refractivity contribution >= 4 is 23.4 Å². The van der Waals surface area contributed by atoms with E-state index in [1.165, 1.54) is 12.1 Å². The van der Waals surface area contributed by atoms with Crippen LogP contribution in [-0.4, -0.2) is 34.0 Å². The van der Waals surface area contributed by atoms with Crippen LogP contribution in [0.25, 0.3) is 0 Å². The summed E-state index contributed by atoms with van der Waals surface area (Å²) < 4.78 is 0. The van der Waals surface area contributed by atoms with Crippen molar-refractivity contribution in [2.75, 3.05) is 5.32 Å². The number of Topliss-reactive ketones (excluding diaryl/α,β-unsaturated/α-hetero) is 1. The number of aliphatic carboxylic acids is 1. The molecule has 100 valence electrons. The van der Waals surface area contributed by atoms with Gasteiger partial charge >= 0.3 is 11.9 Å². The molecule has 1 unspecified atom stereocenters. The quantitative estimate of drug-likeness (QED) is 0.755. The Kier molecular flexibility index (Phi) is 3.50. The Morgan fingerprint density at radius 3 is 2.63 bits per heavy atom. The Morgan fingerprint density at radius 1 is 1.26 bits per heavy atom. The molecule has 0 spiro atoms. The molecule has 6 heteroatoms. The van der Waals surface area contributed by atoms with E-state index in [0.717, 1.165) is 5.56 Å². The average molecular weight is 263 g/mol. The lowest BCUT2D eigenvalue weighted by atomic mass is 10.0. The number of nitrogens with one attached hydrogen (secondary N) is 1. The van der Waals surface area contributed by atoms with E-state index in [-0.39, 0.29) is 24.2 Å². The number of ketones is 1. The van der Waals surface area contributed by atoms with Crippen LogP contribution >= 0.6 is 0 Å². The van der Waals surface area contributed by atoms with E-state index in [1.807, 2.05) is 0 Å². The third-order valence-corrected chi connectivity index (χ3v) is 3.09. The second kappa shape index (κ2) is 5.09. The fourth-order valence-corrected chi connectivity index (χ4v) is 2.10. The van der Waals surface area contributed by atoms with Gasteiger partial charge in [0.05, 0.1) is 18.0 Å². The van der Waals surface area contributed by atoms with E-state index in [2.05, 4.69) is 5.32 Å². The number of rotatable bonds is 3. The Morgan fingerprint density at radius 2 is 2.00 bits per heavy atom. The Hall–Kier alpha value is -2.37. The molecule has 0 saturated carbocycles. The number of benzene rings is 1. The minimum Gasteiger partial charge on any atom is -0.481 e. The highest BCUT2D eigenvalue weighted by atomic mass is 16.4. The summed E-state index contributed by atoms with van der Waals surface area (Å²) in [7, 11) is 0. The lowest BCUT2D eigenvalue weighted by Gasteiger charge is -2.15. The third-order valence-electron chi connectivity index (χ3n) is 3.09. The van der Waals surface area contributed by atoms with Gasteiger partial charge in [-0.05, 0) is 24.1 Å². The van der Waals surface area contributed by atoms with Gasteiger partial charge in [-0.2, -0.15) is 0 Å². The van der Waals surface area contributed by atoms with E-state index < -0.39 is 18.0 Å². The molecule has 0 amide bonds. The van der Waals surface area contributed by atoms with Crippen molar-refractivity contribution in [1.82, 2.24) is 0 Å². The first-order valence-electron chi connectivity index (χ1n) is 5.84. The number of aryl methyl sites for hydroxylation is 1. The molecule has 0 aliphatic carbocycles. The summed E-state index contributed by atoms with van der Waals surface area (Å²) in [5, 5.41) is 20.6. The van der Waals surface area contributed by atoms with E-state index in [9.17, 15) is 14.4 Å². The van der Waals surface area contributed by atoms with Gasteiger partial charge in [0.25, 0.3) is 0 Å². The Balaban J connectivity index is 2.32. The standard InChI is InChI=1S/C13H13NO5/c15-11-4-3-7-1-2-8(13(18)19)5-9(7)14-10(11)6-12(16)17/h1-2,5,10,14H,3-4,6H2,(H,16,17)(H,18,19). The normalized spacial score (nSPS) is 18.1. The van der Waals surface area contributed by atoms with Crippen molar-refractivity contribution in [3.05, 3.63) is 29.3 Å². The summed E-state index contributed by atoms with van der Waals surface area (Å²) >= 11 is 0. The van der Waals surface area contributed by atoms with Gasteiger partial charge in [-0.25, -0.2) is 4.79 Å². The number of carboxylic acids is 2. The summed E-state index contributed by atoms with van der Waals surface area (Å²) in [6.07, 6.45) is 0.428. The highest BCUT2D eigenvalue weighted by Gasteiger charge is 2.25. The summed E-state index contributed by atoms with van der Waals surface area (Å²) in [5.41, 5.74) is 1.46. The zero-order valence-corrected chi connectivity index (χ0v) is 10.0. The fourth-order valence-electron chi connectivity index (χ4n) is 2.10. The first kappa shape index (κ1) is 13.1. The number of hydrogen-bond donors (Lipinski definition) is 3. The van der Waals surface area contributed by atoms with Gasteiger partial charge in [-0.1, -0.05) is 6.07 Å². The molecule has 1 atom stereocenters. The minimum absolute atomic E-state index is 0.106. The molecular formula is C13H13NO5. The molecule has 0 aromatic heterocycles. The predicted molar refractivity (Wildman–Crippen MR) is 66.4 cm³/mol. The molecule has 0 bridgehead atoms. The third kappa shape index (κ3) is 2.90. The maximum atomic E-state index is 11.8. The van der Waals surface area contributed by atoms with Crippen LogP contribution in [0.2, 0.25) is 0 Å². The fraction of sp³-hybridized carbons (Fsp3) is 0.308. The van der Waals surface area contributed by atoms with Gasteiger partial charge in [0, 0.05) is 12.1 Å². The summed E-state index contributed by atoms with van der Waals surface area (Å²) in [6.45, 7) is 0. The van der Waals surface area contributed by atoms with Crippen LogP contribution in [0, 0.1) is 0 Å². The molecule has 1 aliphatic rings. The molecule has 0 radical (unpaired) electrons. The average Bonchev–Trinajstić information content (AvgIpc) is 2.48. The highest BCUT2D eigenvalue weighted by molar-refractivity contribution is 5.93. The molecule has 3 N–H and O–H groups in total. The van der Waals surface area contributed by atoms with Gasteiger partial charge in [-0.15, -0.1) is 0 Å². The molecule has 0 fully saturated rings. The zero-order valence-electron chi connectivity index (χ0n) is 10.0. The topological polar surface area (TPSA) is 104 Å². The molecule has 1 aromatic rings. The van der Waals surface area contributed by atoms with Crippen LogP contribution in [0.1, 0.15) is 28.8 Å². The van der Waals surface area contributed by atoms with Crippen molar-refractivity contribution in [2.24, 2.45) is 0 Å².